The van der Waals surface area contributed by atoms with Crippen molar-refractivity contribution in [1.29, 1.82) is 0 Å². The van der Waals surface area contributed by atoms with E-state index in [9.17, 15) is 4.79 Å². The molecule has 1 saturated heterocycles. The first kappa shape index (κ1) is 16.6. The summed E-state index contributed by atoms with van der Waals surface area (Å²) in [5.41, 5.74) is -0.411. The predicted molar refractivity (Wildman–Crippen MR) is 85.4 cm³/mol. The molecule has 2 rings (SSSR count). The fourth-order valence-electron chi connectivity index (χ4n) is 3.11. The van der Waals surface area contributed by atoms with E-state index in [0.29, 0.717) is 12.1 Å². The molecular weight excluding hydrogens is 264 g/mol. The van der Waals surface area contributed by atoms with E-state index in [1.807, 2.05) is 25.7 Å². The number of carbonyl (C=O) groups is 1. The number of likely N-dealkylation sites (tertiary alicyclic amines) is 1. The maximum Gasteiger partial charge on any atom is 0.410 e. The molecule has 4 heteroatoms. The van der Waals surface area contributed by atoms with E-state index in [1.54, 1.807) is 0 Å². The van der Waals surface area contributed by atoms with Gasteiger partial charge in [-0.25, -0.2) is 4.79 Å². The molecular formula is C17H32N2O2. The summed E-state index contributed by atoms with van der Waals surface area (Å²) in [7, 11) is 0. The van der Waals surface area contributed by atoms with Gasteiger partial charge in [0.15, 0.2) is 0 Å². The lowest BCUT2D eigenvalue weighted by atomic mass is 10.0. The monoisotopic (exact) mass is 296 g/mol. The van der Waals surface area contributed by atoms with E-state index in [-0.39, 0.29) is 6.09 Å². The van der Waals surface area contributed by atoms with Gasteiger partial charge in [0.1, 0.15) is 5.60 Å². The number of rotatable bonds is 4. The van der Waals surface area contributed by atoms with Crippen molar-refractivity contribution in [2.45, 2.75) is 96.4 Å². The fourth-order valence-corrected chi connectivity index (χ4v) is 3.11. The Kier molecular flexibility index (Phi) is 5.53. The fraction of sp³-hybridized carbons (Fsp3) is 0.941. The molecule has 0 aromatic carbocycles. The normalized spacial score (nSPS) is 25.3. The molecule has 4 nitrogen and oxygen atoms in total. The molecule has 0 aromatic heterocycles. The van der Waals surface area contributed by atoms with Crippen molar-refractivity contribution in [3.8, 4) is 0 Å². The third-order valence-corrected chi connectivity index (χ3v) is 4.23. The van der Waals surface area contributed by atoms with E-state index in [0.717, 1.165) is 31.8 Å². The first-order valence-electron chi connectivity index (χ1n) is 8.61. The molecule has 0 spiro atoms. The molecule has 2 fully saturated rings. The van der Waals surface area contributed by atoms with E-state index in [1.165, 1.54) is 25.7 Å². The minimum Gasteiger partial charge on any atom is -0.444 e. The SMILES string of the molecule is CC(CC1CCCCCN1C(=O)OC(C)(C)C)NC1CC1. The lowest BCUT2D eigenvalue weighted by Gasteiger charge is -2.33. The summed E-state index contributed by atoms with van der Waals surface area (Å²) in [5.74, 6) is 0. The van der Waals surface area contributed by atoms with Gasteiger partial charge >= 0.3 is 6.09 Å². The van der Waals surface area contributed by atoms with Crippen LogP contribution in [-0.2, 0) is 4.74 Å². The lowest BCUT2D eigenvalue weighted by Crippen LogP contribution is -2.46. The summed E-state index contributed by atoms with van der Waals surface area (Å²) in [6.07, 6.45) is 8.18. The second-order valence-corrected chi connectivity index (χ2v) is 7.75. The van der Waals surface area contributed by atoms with Gasteiger partial charge in [0, 0.05) is 24.7 Å². The Balaban J connectivity index is 1.93. The highest BCUT2D eigenvalue weighted by Crippen LogP contribution is 2.25. The molecule has 21 heavy (non-hydrogen) atoms. The van der Waals surface area contributed by atoms with Crippen LogP contribution in [0.15, 0.2) is 0 Å². The first-order valence-corrected chi connectivity index (χ1v) is 8.61. The largest absolute Gasteiger partial charge is 0.444 e. The summed E-state index contributed by atoms with van der Waals surface area (Å²) in [6, 6.07) is 1.52. The van der Waals surface area contributed by atoms with Crippen molar-refractivity contribution < 1.29 is 9.53 Å². The highest BCUT2D eigenvalue weighted by molar-refractivity contribution is 5.68. The number of hydrogen-bond acceptors (Lipinski definition) is 3. The van der Waals surface area contributed by atoms with E-state index in [4.69, 9.17) is 4.74 Å². The standard InChI is InChI=1S/C17H32N2O2/c1-13(18-14-9-10-14)12-15-8-6-5-7-11-19(15)16(20)21-17(2,3)4/h13-15,18H,5-12H2,1-4H3. The average molecular weight is 296 g/mol. The molecule has 1 aliphatic heterocycles. The molecule has 122 valence electrons. The number of carbonyl (C=O) groups excluding carboxylic acids is 1. The topological polar surface area (TPSA) is 41.6 Å². The van der Waals surface area contributed by atoms with Gasteiger partial charge in [-0.2, -0.15) is 0 Å². The average Bonchev–Trinajstić information content (AvgIpc) is 3.14. The Morgan fingerprint density at radius 2 is 1.95 bits per heavy atom. The molecule has 2 aliphatic rings. The van der Waals surface area contributed by atoms with Crippen molar-refractivity contribution in [2.24, 2.45) is 0 Å². The summed E-state index contributed by atoms with van der Waals surface area (Å²) >= 11 is 0. The zero-order chi connectivity index (χ0) is 15.5. The van der Waals surface area contributed by atoms with Crippen LogP contribution in [0.4, 0.5) is 4.79 Å². The molecule has 0 aromatic rings. The number of ether oxygens (including phenoxy) is 1. The molecule has 1 N–H and O–H groups in total. The van der Waals surface area contributed by atoms with Crippen LogP contribution < -0.4 is 5.32 Å². The molecule has 1 aliphatic carbocycles. The Hall–Kier alpha value is -0.770. The third kappa shape index (κ3) is 5.85. The van der Waals surface area contributed by atoms with Gasteiger partial charge in [0.25, 0.3) is 0 Å². The first-order chi connectivity index (χ1) is 9.85. The smallest absolute Gasteiger partial charge is 0.410 e. The van der Waals surface area contributed by atoms with Crippen LogP contribution in [0.1, 0.15) is 72.6 Å². The van der Waals surface area contributed by atoms with Crippen molar-refractivity contribution in [3.63, 3.8) is 0 Å². The van der Waals surface area contributed by atoms with Crippen molar-refractivity contribution >= 4 is 6.09 Å². The summed E-state index contributed by atoms with van der Waals surface area (Å²) < 4.78 is 5.60. The highest BCUT2D eigenvalue weighted by Gasteiger charge is 2.31. The van der Waals surface area contributed by atoms with Gasteiger partial charge < -0.3 is 15.0 Å². The Morgan fingerprint density at radius 3 is 2.57 bits per heavy atom. The minimum absolute atomic E-state index is 0.131. The zero-order valence-corrected chi connectivity index (χ0v) is 14.2. The van der Waals surface area contributed by atoms with Gasteiger partial charge in [0.2, 0.25) is 0 Å². The van der Waals surface area contributed by atoms with Gasteiger partial charge in [-0.3, -0.25) is 0 Å². The van der Waals surface area contributed by atoms with E-state index in [2.05, 4.69) is 12.2 Å². The molecule has 2 unspecified atom stereocenters. The van der Waals surface area contributed by atoms with E-state index < -0.39 is 5.60 Å². The van der Waals surface area contributed by atoms with Crippen molar-refractivity contribution in [3.05, 3.63) is 0 Å². The second kappa shape index (κ2) is 6.99. The lowest BCUT2D eigenvalue weighted by molar-refractivity contribution is 0.0150. The van der Waals surface area contributed by atoms with Crippen LogP contribution in [0.3, 0.4) is 0 Å². The zero-order valence-electron chi connectivity index (χ0n) is 14.2. The number of hydrogen-bond donors (Lipinski definition) is 1. The van der Waals surface area contributed by atoms with Crippen LogP contribution in [0.25, 0.3) is 0 Å². The molecule has 1 amide bonds. The van der Waals surface area contributed by atoms with Crippen LogP contribution in [0.5, 0.6) is 0 Å². The summed E-state index contributed by atoms with van der Waals surface area (Å²) in [4.78, 5) is 14.5. The highest BCUT2D eigenvalue weighted by atomic mass is 16.6. The minimum atomic E-state index is -0.411. The molecule has 1 saturated carbocycles. The Morgan fingerprint density at radius 1 is 1.24 bits per heavy atom. The second-order valence-electron chi connectivity index (χ2n) is 7.75. The number of nitrogens with zero attached hydrogens (tertiary/aromatic N) is 1. The maximum absolute atomic E-state index is 12.5. The Bertz CT molecular complexity index is 347. The van der Waals surface area contributed by atoms with Crippen LogP contribution in [-0.4, -0.2) is 41.3 Å². The van der Waals surface area contributed by atoms with Gasteiger partial charge in [-0.1, -0.05) is 12.8 Å². The summed E-state index contributed by atoms with van der Waals surface area (Å²) in [6.45, 7) is 8.91. The number of nitrogens with one attached hydrogen (secondary N) is 1. The van der Waals surface area contributed by atoms with E-state index >= 15 is 0 Å². The molecule has 0 bridgehead atoms. The van der Waals surface area contributed by atoms with Crippen LogP contribution in [0, 0.1) is 0 Å². The van der Waals surface area contributed by atoms with Crippen molar-refractivity contribution in [1.82, 2.24) is 10.2 Å². The van der Waals surface area contributed by atoms with Gasteiger partial charge in [0.05, 0.1) is 0 Å². The van der Waals surface area contributed by atoms with Crippen LogP contribution in [0.2, 0.25) is 0 Å². The molecule has 1 heterocycles. The Labute approximate surface area is 129 Å². The molecule has 2 atom stereocenters. The van der Waals surface area contributed by atoms with Gasteiger partial charge in [-0.05, 0) is 59.8 Å². The summed E-state index contributed by atoms with van der Waals surface area (Å²) in [5, 5.41) is 3.65. The number of amides is 1. The van der Waals surface area contributed by atoms with Crippen molar-refractivity contribution in [2.75, 3.05) is 6.54 Å². The maximum atomic E-state index is 12.5. The van der Waals surface area contributed by atoms with Gasteiger partial charge in [-0.15, -0.1) is 0 Å². The molecule has 0 radical (unpaired) electrons. The van der Waals surface area contributed by atoms with Crippen LogP contribution >= 0.6 is 0 Å². The predicted octanol–water partition coefficient (Wildman–Crippen LogP) is 3.70. The third-order valence-electron chi connectivity index (χ3n) is 4.23. The quantitative estimate of drug-likeness (QED) is 0.860.